The lowest BCUT2D eigenvalue weighted by Gasteiger charge is -2.15. The monoisotopic (exact) mass is 517 g/mol. The van der Waals surface area contributed by atoms with E-state index < -0.39 is 0 Å². The maximum absolute atomic E-state index is 11.1. The molecule has 0 atom stereocenters. The van der Waals surface area contributed by atoms with Gasteiger partial charge in [0.25, 0.3) is 0 Å². The SMILES string of the molecule is CN=C(NCCCCCCC(=O)OC)NCc1ccc(C)cc1OCC1CC1.I. The highest BCUT2D eigenvalue weighted by Gasteiger charge is 2.22. The molecule has 0 unspecified atom stereocenters. The minimum absolute atomic E-state index is 0. The first kappa shape index (κ1) is 25.5. The number of aliphatic imine (C=N–C) groups is 1. The molecular weight excluding hydrogens is 481 g/mol. The molecule has 0 aromatic heterocycles. The molecule has 2 N–H and O–H groups in total. The van der Waals surface area contributed by atoms with Gasteiger partial charge in [-0.15, -0.1) is 24.0 Å². The summed E-state index contributed by atoms with van der Waals surface area (Å²) in [5.41, 5.74) is 2.36. The molecule has 1 fully saturated rings. The minimum atomic E-state index is -0.126. The zero-order valence-corrected chi connectivity index (χ0v) is 20.3. The number of esters is 1. The standard InChI is InChI=1S/C22H35N3O3.HI/c1-17-9-12-19(20(14-17)28-16-18-10-11-18)15-25-22(23-2)24-13-7-5-4-6-8-21(26)27-3;/h9,12,14,18H,4-8,10-11,13,15-16H2,1-3H3,(H2,23,24,25);1H. The van der Waals surface area contributed by atoms with Crippen LogP contribution in [0.4, 0.5) is 0 Å². The Hall–Kier alpha value is -1.51. The number of methoxy groups -OCH3 is 1. The molecule has 0 radical (unpaired) electrons. The zero-order chi connectivity index (χ0) is 20.2. The minimum Gasteiger partial charge on any atom is -0.493 e. The number of carbonyl (C=O) groups is 1. The molecule has 0 aliphatic heterocycles. The Morgan fingerprint density at radius 3 is 2.62 bits per heavy atom. The van der Waals surface area contributed by atoms with E-state index in [4.69, 9.17) is 4.74 Å². The molecule has 0 heterocycles. The van der Waals surface area contributed by atoms with Crippen LogP contribution in [-0.4, -0.2) is 39.2 Å². The van der Waals surface area contributed by atoms with Gasteiger partial charge in [0.1, 0.15) is 5.75 Å². The number of ether oxygens (including phenoxy) is 2. The van der Waals surface area contributed by atoms with Gasteiger partial charge in [-0.25, -0.2) is 0 Å². The Kier molecular flexibility index (Phi) is 12.7. The Bertz CT molecular complexity index is 648. The van der Waals surface area contributed by atoms with E-state index in [1.54, 1.807) is 7.05 Å². The van der Waals surface area contributed by atoms with Gasteiger partial charge in [0, 0.05) is 32.1 Å². The molecule has 0 amide bonds. The van der Waals surface area contributed by atoms with Gasteiger partial charge in [-0.3, -0.25) is 9.79 Å². The van der Waals surface area contributed by atoms with Gasteiger partial charge in [0.15, 0.2) is 5.96 Å². The summed E-state index contributed by atoms with van der Waals surface area (Å²) in [6, 6.07) is 6.36. The van der Waals surface area contributed by atoms with E-state index in [2.05, 4.69) is 45.5 Å². The van der Waals surface area contributed by atoms with E-state index in [0.29, 0.717) is 13.0 Å². The Labute approximate surface area is 192 Å². The van der Waals surface area contributed by atoms with Gasteiger partial charge in [0.05, 0.1) is 13.7 Å². The zero-order valence-electron chi connectivity index (χ0n) is 18.0. The van der Waals surface area contributed by atoms with Crippen molar-refractivity contribution in [3.05, 3.63) is 29.3 Å². The van der Waals surface area contributed by atoms with Crippen LogP contribution in [0.25, 0.3) is 0 Å². The van der Waals surface area contributed by atoms with Gasteiger partial charge in [-0.1, -0.05) is 25.0 Å². The number of unbranched alkanes of at least 4 members (excludes halogenated alkanes) is 3. The largest absolute Gasteiger partial charge is 0.493 e. The van der Waals surface area contributed by atoms with Crippen LogP contribution >= 0.6 is 24.0 Å². The van der Waals surface area contributed by atoms with Gasteiger partial charge in [-0.05, 0) is 50.2 Å². The van der Waals surface area contributed by atoms with E-state index in [1.165, 1.54) is 25.5 Å². The summed E-state index contributed by atoms with van der Waals surface area (Å²) >= 11 is 0. The highest BCUT2D eigenvalue weighted by molar-refractivity contribution is 14.0. The van der Waals surface area contributed by atoms with E-state index in [1.807, 2.05) is 0 Å². The number of benzene rings is 1. The number of aryl methyl sites for hydroxylation is 1. The second-order valence-corrected chi connectivity index (χ2v) is 7.46. The van der Waals surface area contributed by atoms with Crippen LogP contribution < -0.4 is 15.4 Å². The Balaban J connectivity index is 0.00000420. The van der Waals surface area contributed by atoms with Crippen LogP contribution in [0.1, 0.15) is 56.1 Å². The fourth-order valence-corrected chi connectivity index (χ4v) is 2.89. The van der Waals surface area contributed by atoms with E-state index in [-0.39, 0.29) is 29.9 Å². The van der Waals surface area contributed by atoms with Crippen molar-refractivity contribution in [3.63, 3.8) is 0 Å². The van der Waals surface area contributed by atoms with Crippen molar-refractivity contribution in [3.8, 4) is 5.75 Å². The molecule has 7 heteroatoms. The molecule has 0 saturated heterocycles. The lowest BCUT2D eigenvalue weighted by molar-refractivity contribution is -0.140. The lowest BCUT2D eigenvalue weighted by atomic mass is 10.1. The summed E-state index contributed by atoms with van der Waals surface area (Å²) < 4.78 is 10.7. The van der Waals surface area contributed by atoms with Crippen molar-refractivity contribution in [2.24, 2.45) is 10.9 Å². The first-order chi connectivity index (χ1) is 13.6. The number of nitrogens with one attached hydrogen (secondary N) is 2. The summed E-state index contributed by atoms with van der Waals surface area (Å²) in [7, 11) is 3.22. The molecule has 1 saturated carbocycles. The lowest BCUT2D eigenvalue weighted by Crippen LogP contribution is -2.37. The molecule has 1 aromatic carbocycles. The Morgan fingerprint density at radius 1 is 1.17 bits per heavy atom. The molecule has 0 bridgehead atoms. The normalized spacial score (nSPS) is 13.4. The summed E-state index contributed by atoms with van der Waals surface area (Å²) in [6.45, 7) is 4.45. The molecule has 2 rings (SSSR count). The van der Waals surface area contributed by atoms with Crippen LogP contribution in [-0.2, 0) is 16.1 Å². The number of guanidine groups is 1. The molecule has 6 nitrogen and oxygen atoms in total. The highest BCUT2D eigenvalue weighted by atomic mass is 127. The highest BCUT2D eigenvalue weighted by Crippen LogP contribution is 2.30. The summed E-state index contributed by atoms with van der Waals surface area (Å²) in [5.74, 6) is 2.38. The number of hydrogen-bond donors (Lipinski definition) is 2. The average Bonchev–Trinajstić information content (AvgIpc) is 3.53. The summed E-state index contributed by atoms with van der Waals surface area (Å²) in [6.07, 6.45) is 7.14. The van der Waals surface area contributed by atoms with Crippen LogP contribution in [0, 0.1) is 12.8 Å². The molecule has 0 spiro atoms. The van der Waals surface area contributed by atoms with Crippen LogP contribution in [0.5, 0.6) is 5.75 Å². The van der Waals surface area contributed by atoms with Crippen molar-refractivity contribution in [1.82, 2.24) is 10.6 Å². The molecule has 1 aliphatic carbocycles. The molecule has 29 heavy (non-hydrogen) atoms. The van der Waals surface area contributed by atoms with Crippen LogP contribution in [0.3, 0.4) is 0 Å². The third kappa shape index (κ3) is 10.7. The number of rotatable bonds is 12. The Morgan fingerprint density at radius 2 is 1.93 bits per heavy atom. The number of nitrogens with zero attached hydrogens (tertiary/aromatic N) is 1. The predicted molar refractivity (Wildman–Crippen MR) is 128 cm³/mol. The molecular formula is C22H36IN3O3. The fourth-order valence-electron chi connectivity index (χ4n) is 2.89. The number of hydrogen-bond acceptors (Lipinski definition) is 4. The topological polar surface area (TPSA) is 72.0 Å². The second kappa shape index (κ2) is 14.5. The van der Waals surface area contributed by atoms with E-state index in [0.717, 1.165) is 62.0 Å². The molecule has 1 aliphatic rings. The van der Waals surface area contributed by atoms with E-state index >= 15 is 0 Å². The third-order valence-electron chi connectivity index (χ3n) is 4.89. The van der Waals surface area contributed by atoms with Crippen LogP contribution in [0.15, 0.2) is 23.2 Å². The second-order valence-electron chi connectivity index (χ2n) is 7.46. The predicted octanol–water partition coefficient (Wildman–Crippen LogP) is 4.19. The maximum Gasteiger partial charge on any atom is 0.305 e. The van der Waals surface area contributed by atoms with E-state index in [9.17, 15) is 4.79 Å². The van der Waals surface area contributed by atoms with Crippen molar-refractivity contribution in [1.29, 1.82) is 0 Å². The first-order valence-electron chi connectivity index (χ1n) is 10.4. The van der Waals surface area contributed by atoms with Gasteiger partial charge < -0.3 is 20.1 Å². The fraction of sp³-hybridized carbons (Fsp3) is 0.636. The van der Waals surface area contributed by atoms with Crippen molar-refractivity contribution >= 4 is 35.9 Å². The molecule has 164 valence electrons. The number of carbonyl (C=O) groups excluding carboxylic acids is 1. The third-order valence-corrected chi connectivity index (χ3v) is 4.89. The quantitative estimate of drug-likeness (QED) is 0.143. The van der Waals surface area contributed by atoms with Crippen molar-refractivity contribution in [2.45, 2.75) is 58.4 Å². The summed E-state index contributed by atoms with van der Waals surface area (Å²) in [5, 5.41) is 6.72. The molecule has 1 aromatic rings. The average molecular weight is 517 g/mol. The van der Waals surface area contributed by atoms with Crippen molar-refractivity contribution in [2.75, 3.05) is 27.3 Å². The first-order valence-corrected chi connectivity index (χ1v) is 10.4. The maximum atomic E-state index is 11.1. The van der Waals surface area contributed by atoms with Gasteiger partial charge in [-0.2, -0.15) is 0 Å². The van der Waals surface area contributed by atoms with Crippen LogP contribution in [0.2, 0.25) is 0 Å². The smallest absolute Gasteiger partial charge is 0.305 e. The van der Waals surface area contributed by atoms with Gasteiger partial charge in [0.2, 0.25) is 0 Å². The van der Waals surface area contributed by atoms with Gasteiger partial charge >= 0.3 is 5.97 Å². The summed E-state index contributed by atoms with van der Waals surface area (Å²) in [4.78, 5) is 15.4. The number of halogens is 1. The van der Waals surface area contributed by atoms with Crippen molar-refractivity contribution < 1.29 is 14.3 Å².